The van der Waals surface area contributed by atoms with Crippen LogP contribution < -0.4 is 14.4 Å². The number of amides is 1. The first-order chi connectivity index (χ1) is 17.0. The van der Waals surface area contributed by atoms with Crippen molar-refractivity contribution in [1.82, 2.24) is 0 Å². The molecule has 174 valence electrons. The molecule has 1 aliphatic heterocycles. The minimum absolute atomic E-state index is 0.205. The van der Waals surface area contributed by atoms with Crippen LogP contribution in [0.15, 0.2) is 89.8 Å². The molecule has 0 N–H and O–H groups in total. The van der Waals surface area contributed by atoms with Gasteiger partial charge in [0.1, 0.15) is 18.1 Å². The molecule has 1 amide bonds. The third kappa shape index (κ3) is 4.78. The third-order valence-corrected chi connectivity index (χ3v) is 7.23. The van der Waals surface area contributed by atoms with Gasteiger partial charge in [0.25, 0.3) is 5.91 Å². The zero-order valence-corrected chi connectivity index (χ0v) is 21.1. The van der Waals surface area contributed by atoms with E-state index < -0.39 is 0 Å². The molecule has 4 aromatic carbocycles. The van der Waals surface area contributed by atoms with Crippen LogP contribution in [-0.2, 0) is 11.4 Å². The van der Waals surface area contributed by atoms with E-state index in [-0.39, 0.29) is 5.91 Å². The van der Waals surface area contributed by atoms with E-state index in [4.69, 9.17) is 33.3 Å². The number of fused-ring (bicyclic) bond motifs is 1. The third-order valence-electron chi connectivity index (χ3n) is 5.63. The van der Waals surface area contributed by atoms with Crippen LogP contribution in [0, 0.1) is 0 Å². The molecule has 0 atom stereocenters. The van der Waals surface area contributed by atoms with Gasteiger partial charge in [0.15, 0.2) is 4.32 Å². The Morgan fingerprint density at radius 2 is 1.71 bits per heavy atom. The summed E-state index contributed by atoms with van der Waals surface area (Å²) >= 11 is 13.1. The molecular weight excluding hydrogens is 498 g/mol. The first-order valence-corrected chi connectivity index (χ1v) is 12.5. The highest BCUT2D eigenvalue weighted by atomic mass is 35.5. The summed E-state index contributed by atoms with van der Waals surface area (Å²) < 4.78 is 11.9. The van der Waals surface area contributed by atoms with Crippen LogP contribution in [0.2, 0.25) is 5.02 Å². The molecule has 1 heterocycles. The van der Waals surface area contributed by atoms with Gasteiger partial charge in [-0.25, -0.2) is 0 Å². The van der Waals surface area contributed by atoms with Gasteiger partial charge < -0.3 is 9.47 Å². The minimum Gasteiger partial charge on any atom is -0.495 e. The first-order valence-electron chi connectivity index (χ1n) is 10.8. The van der Waals surface area contributed by atoms with E-state index >= 15 is 0 Å². The molecule has 1 saturated heterocycles. The van der Waals surface area contributed by atoms with E-state index in [9.17, 15) is 4.79 Å². The van der Waals surface area contributed by atoms with Gasteiger partial charge in [0, 0.05) is 5.56 Å². The molecule has 1 fully saturated rings. The van der Waals surface area contributed by atoms with E-state index in [1.165, 1.54) is 16.7 Å². The van der Waals surface area contributed by atoms with Crippen molar-refractivity contribution in [2.75, 3.05) is 12.0 Å². The lowest BCUT2D eigenvalue weighted by Gasteiger charge is -2.16. The quantitative estimate of drug-likeness (QED) is 0.196. The van der Waals surface area contributed by atoms with Crippen LogP contribution in [-0.4, -0.2) is 17.3 Å². The molecule has 1 aliphatic rings. The van der Waals surface area contributed by atoms with E-state index in [1.807, 2.05) is 72.8 Å². The second-order valence-electron chi connectivity index (χ2n) is 7.81. The van der Waals surface area contributed by atoms with Gasteiger partial charge in [-0.1, -0.05) is 96.2 Å². The number of hydrogen-bond donors (Lipinski definition) is 0. The maximum absolute atomic E-state index is 13.4. The van der Waals surface area contributed by atoms with Crippen molar-refractivity contribution in [1.29, 1.82) is 0 Å². The number of hydrogen-bond acceptors (Lipinski definition) is 5. The molecule has 0 spiro atoms. The predicted octanol–water partition coefficient (Wildman–Crippen LogP) is 7.49. The number of anilines is 1. The lowest BCUT2D eigenvalue weighted by Crippen LogP contribution is -2.27. The van der Waals surface area contributed by atoms with Crippen molar-refractivity contribution < 1.29 is 14.3 Å². The molecule has 35 heavy (non-hydrogen) atoms. The van der Waals surface area contributed by atoms with Crippen molar-refractivity contribution in [2.45, 2.75) is 6.61 Å². The summed E-state index contributed by atoms with van der Waals surface area (Å²) in [6.07, 6.45) is 1.87. The Kier molecular flexibility index (Phi) is 6.77. The number of benzene rings is 4. The highest BCUT2D eigenvalue weighted by Gasteiger charge is 2.34. The molecule has 4 aromatic rings. The zero-order valence-electron chi connectivity index (χ0n) is 18.7. The minimum atomic E-state index is -0.205. The Bertz CT molecular complexity index is 1470. The van der Waals surface area contributed by atoms with Gasteiger partial charge in [-0.3, -0.25) is 9.69 Å². The Hall–Kier alpha value is -3.32. The summed E-state index contributed by atoms with van der Waals surface area (Å²) in [6, 6.07) is 27.2. The second kappa shape index (κ2) is 10.1. The summed E-state index contributed by atoms with van der Waals surface area (Å²) in [4.78, 5) is 15.5. The molecule has 4 nitrogen and oxygen atoms in total. The van der Waals surface area contributed by atoms with Gasteiger partial charge in [-0.05, 0) is 46.7 Å². The summed E-state index contributed by atoms with van der Waals surface area (Å²) in [7, 11) is 1.55. The molecule has 0 aromatic heterocycles. The maximum atomic E-state index is 13.4. The summed E-state index contributed by atoms with van der Waals surface area (Å²) in [6.45, 7) is 0.422. The van der Waals surface area contributed by atoms with E-state index in [1.54, 1.807) is 25.3 Å². The SMILES string of the molecule is COc1ccc(N2C(=O)/C(=C\c3c(OCc4ccccc4)ccc4ccccc34)SC2=S)cc1Cl. The van der Waals surface area contributed by atoms with E-state index in [0.717, 1.165) is 21.9 Å². The summed E-state index contributed by atoms with van der Waals surface area (Å²) in [5.74, 6) is 1.03. The van der Waals surface area contributed by atoms with Gasteiger partial charge >= 0.3 is 0 Å². The lowest BCUT2D eigenvalue weighted by atomic mass is 10.0. The Morgan fingerprint density at radius 3 is 2.49 bits per heavy atom. The molecular formula is C28H20ClNO3S2. The summed E-state index contributed by atoms with van der Waals surface area (Å²) in [5, 5.41) is 2.47. The Morgan fingerprint density at radius 1 is 0.971 bits per heavy atom. The molecule has 7 heteroatoms. The number of thioether (sulfide) groups is 1. The monoisotopic (exact) mass is 517 g/mol. The number of thiocarbonyl (C=S) groups is 1. The van der Waals surface area contributed by atoms with Crippen molar-refractivity contribution in [3.63, 3.8) is 0 Å². The fourth-order valence-corrected chi connectivity index (χ4v) is 5.43. The van der Waals surface area contributed by atoms with Crippen LogP contribution >= 0.6 is 35.6 Å². The number of carbonyl (C=O) groups excluding carboxylic acids is 1. The van der Waals surface area contributed by atoms with Crippen LogP contribution in [0.25, 0.3) is 16.8 Å². The zero-order chi connectivity index (χ0) is 24.4. The van der Waals surface area contributed by atoms with Crippen LogP contribution in [0.1, 0.15) is 11.1 Å². The lowest BCUT2D eigenvalue weighted by molar-refractivity contribution is -0.113. The molecule has 0 saturated carbocycles. The summed E-state index contributed by atoms with van der Waals surface area (Å²) in [5.41, 5.74) is 2.50. The van der Waals surface area contributed by atoms with E-state index in [0.29, 0.717) is 38.0 Å². The number of rotatable bonds is 6. The normalized spacial score (nSPS) is 14.7. The average Bonchev–Trinajstić information content (AvgIpc) is 3.16. The smallest absolute Gasteiger partial charge is 0.270 e. The largest absolute Gasteiger partial charge is 0.495 e. The van der Waals surface area contributed by atoms with Crippen molar-refractivity contribution in [3.8, 4) is 11.5 Å². The van der Waals surface area contributed by atoms with Crippen molar-refractivity contribution in [2.24, 2.45) is 0 Å². The van der Waals surface area contributed by atoms with Crippen LogP contribution in [0.4, 0.5) is 5.69 Å². The maximum Gasteiger partial charge on any atom is 0.270 e. The van der Waals surface area contributed by atoms with Gasteiger partial charge in [-0.2, -0.15) is 0 Å². The first kappa shape index (κ1) is 23.4. The van der Waals surface area contributed by atoms with Crippen molar-refractivity contribution in [3.05, 3.63) is 106 Å². The number of ether oxygens (including phenoxy) is 2. The van der Waals surface area contributed by atoms with Gasteiger partial charge in [0.2, 0.25) is 0 Å². The molecule has 0 bridgehead atoms. The van der Waals surface area contributed by atoms with Gasteiger partial charge in [-0.15, -0.1) is 0 Å². The highest BCUT2D eigenvalue weighted by molar-refractivity contribution is 8.27. The number of halogens is 1. The highest BCUT2D eigenvalue weighted by Crippen LogP contribution is 2.40. The topological polar surface area (TPSA) is 38.8 Å². The molecule has 0 radical (unpaired) electrons. The fourth-order valence-electron chi connectivity index (χ4n) is 3.90. The molecule has 5 rings (SSSR count). The standard InChI is InChI=1S/C28H20ClNO3S2/c1-32-25-14-12-20(15-23(25)29)30-27(31)26(35-28(30)34)16-22-21-10-6-5-9-19(21)11-13-24(22)33-17-18-7-3-2-4-8-18/h2-16H,17H2,1H3/b26-16+. The molecule has 0 unspecified atom stereocenters. The van der Waals surface area contributed by atoms with Crippen LogP contribution in [0.5, 0.6) is 11.5 Å². The van der Waals surface area contributed by atoms with Crippen LogP contribution in [0.3, 0.4) is 0 Å². The van der Waals surface area contributed by atoms with Crippen molar-refractivity contribution >= 4 is 68.3 Å². The van der Waals surface area contributed by atoms with E-state index in [2.05, 4.69) is 0 Å². The fraction of sp³-hybridized carbons (Fsp3) is 0.0714. The number of carbonyl (C=O) groups is 1. The second-order valence-corrected chi connectivity index (χ2v) is 9.89. The molecule has 0 aliphatic carbocycles. The Balaban J connectivity index is 1.52. The number of nitrogens with zero attached hydrogens (tertiary/aromatic N) is 1. The number of methoxy groups -OCH3 is 1. The van der Waals surface area contributed by atoms with Gasteiger partial charge in [0.05, 0.1) is 22.7 Å². The predicted molar refractivity (Wildman–Crippen MR) is 148 cm³/mol. The average molecular weight is 518 g/mol. The Labute approximate surface area is 218 Å².